The molecule has 28 heavy (non-hydrogen) atoms. The predicted octanol–water partition coefficient (Wildman–Crippen LogP) is 4.82. The lowest BCUT2D eigenvalue weighted by atomic mass is 10.2. The third kappa shape index (κ3) is 6.96. The zero-order valence-electron chi connectivity index (χ0n) is 14.5. The Morgan fingerprint density at radius 2 is 1.75 bits per heavy atom. The Bertz CT molecular complexity index is 866. The largest absolute Gasteiger partial charge is 0.573 e. The molecule has 0 aliphatic heterocycles. The number of amides is 1. The summed E-state index contributed by atoms with van der Waals surface area (Å²) in [5.74, 6) is -1.74. The molecule has 1 amide bonds. The maximum absolute atomic E-state index is 12.1. The minimum Gasteiger partial charge on any atom is -0.449 e. The van der Waals surface area contributed by atoms with Gasteiger partial charge in [-0.05, 0) is 42.8 Å². The van der Waals surface area contributed by atoms with Gasteiger partial charge in [0.2, 0.25) is 0 Å². The summed E-state index contributed by atoms with van der Waals surface area (Å²) < 4.78 is 45.0. The molecule has 0 spiro atoms. The summed E-state index contributed by atoms with van der Waals surface area (Å²) >= 11 is 5.94. The molecule has 2 aromatic carbocycles. The molecule has 0 saturated carbocycles. The number of alkyl halides is 3. The highest BCUT2D eigenvalue weighted by atomic mass is 35.5. The molecule has 1 atom stereocenters. The van der Waals surface area contributed by atoms with Gasteiger partial charge in [0.15, 0.2) is 6.10 Å². The van der Waals surface area contributed by atoms with E-state index in [-0.39, 0.29) is 5.75 Å². The lowest BCUT2D eigenvalue weighted by Gasteiger charge is -2.13. The maximum atomic E-state index is 12.1. The molecule has 2 aromatic rings. The first-order chi connectivity index (χ1) is 13.1. The normalized spacial score (nSPS) is 12.5. The van der Waals surface area contributed by atoms with Crippen LogP contribution in [0.3, 0.4) is 0 Å². The lowest BCUT2D eigenvalue weighted by molar-refractivity contribution is -0.274. The molecular weight excluding hydrogens is 399 g/mol. The van der Waals surface area contributed by atoms with Crippen molar-refractivity contribution in [3.05, 3.63) is 65.2 Å². The molecule has 0 unspecified atom stereocenters. The van der Waals surface area contributed by atoms with E-state index in [9.17, 15) is 22.8 Å². The molecule has 0 saturated heterocycles. The van der Waals surface area contributed by atoms with Crippen molar-refractivity contribution in [2.24, 2.45) is 0 Å². The van der Waals surface area contributed by atoms with E-state index in [0.29, 0.717) is 16.3 Å². The fraction of sp³-hybridized carbons (Fsp3) is 0.158. The van der Waals surface area contributed by atoms with E-state index in [1.54, 1.807) is 24.3 Å². The Kier molecular flexibility index (Phi) is 7.06. The SMILES string of the molecule is C[C@@H](OC(=O)/C=C/c1ccc(OC(F)(F)F)cc1)C(=O)Nc1ccccc1Cl. The number of carbonyl (C=O) groups excluding carboxylic acids is 2. The molecule has 0 radical (unpaired) electrons. The fourth-order valence-electron chi connectivity index (χ4n) is 2.01. The van der Waals surface area contributed by atoms with Crippen LogP contribution in [0.15, 0.2) is 54.6 Å². The topological polar surface area (TPSA) is 64.6 Å². The first-order valence-corrected chi connectivity index (χ1v) is 8.32. The molecule has 0 aliphatic rings. The van der Waals surface area contributed by atoms with Crippen molar-refractivity contribution in [2.75, 3.05) is 5.32 Å². The molecule has 0 bridgehead atoms. The van der Waals surface area contributed by atoms with Crippen LogP contribution in [-0.4, -0.2) is 24.3 Å². The summed E-state index contributed by atoms with van der Waals surface area (Å²) in [7, 11) is 0. The van der Waals surface area contributed by atoms with E-state index < -0.39 is 24.3 Å². The minimum atomic E-state index is -4.78. The average Bonchev–Trinajstić information content (AvgIpc) is 2.61. The van der Waals surface area contributed by atoms with Crippen molar-refractivity contribution >= 4 is 35.2 Å². The molecule has 0 heterocycles. The first-order valence-electron chi connectivity index (χ1n) is 7.94. The summed E-state index contributed by atoms with van der Waals surface area (Å²) in [6, 6.07) is 11.5. The van der Waals surface area contributed by atoms with E-state index in [1.807, 2.05) is 0 Å². The number of esters is 1. The third-order valence-electron chi connectivity index (χ3n) is 3.32. The van der Waals surface area contributed by atoms with Gasteiger partial charge in [-0.3, -0.25) is 4.79 Å². The van der Waals surface area contributed by atoms with Gasteiger partial charge in [0.25, 0.3) is 5.91 Å². The number of halogens is 4. The summed E-state index contributed by atoms with van der Waals surface area (Å²) in [5, 5.41) is 2.88. The van der Waals surface area contributed by atoms with Crippen molar-refractivity contribution in [3.8, 4) is 5.75 Å². The Balaban J connectivity index is 1.88. The first kappa shape index (κ1) is 21.3. The Morgan fingerprint density at radius 1 is 1.11 bits per heavy atom. The predicted molar refractivity (Wildman–Crippen MR) is 97.8 cm³/mol. The molecule has 2 rings (SSSR count). The van der Waals surface area contributed by atoms with Crippen LogP contribution in [0.1, 0.15) is 12.5 Å². The highest BCUT2D eigenvalue weighted by Gasteiger charge is 2.30. The van der Waals surface area contributed by atoms with Gasteiger partial charge in [0, 0.05) is 6.08 Å². The number of anilines is 1. The number of hydrogen-bond acceptors (Lipinski definition) is 4. The van der Waals surface area contributed by atoms with Crippen LogP contribution in [0, 0.1) is 0 Å². The number of carbonyl (C=O) groups is 2. The van der Waals surface area contributed by atoms with E-state index in [0.717, 1.165) is 18.2 Å². The van der Waals surface area contributed by atoms with Crippen LogP contribution >= 0.6 is 11.6 Å². The van der Waals surface area contributed by atoms with Crippen molar-refractivity contribution in [1.82, 2.24) is 0 Å². The van der Waals surface area contributed by atoms with Crippen LogP contribution in [0.25, 0.3) is 6.08 Å². The monoisotopic (exact) mass is 413 g/mol. The zero-order valence-corrected chi connectivity index (χ0v) is 15.3. The van der Waals surface area contributed by atoms with E-state index in [2.05, 4.69) is 10.1 Å². The number of nitrogens with one attached hydrogen (secondary N) is 1. The molecule has 0 fully saturated rings. The van der Waals surface area contributed by atoms with Crippen molar-refractivity contribution in [3.63, 3.8) is 0 Å². The smallest absolute Gasteiger partial charge is 0.449 e. The van der Waals surface area contributed by atoms with Gasteiger partial charge >= 0.3 is 12.3 Å². The van der Waals surface area contributed by atoms with Gasteiger partial charge < -0.3 is 14.8 Å². The van der Waals surface area contributed by atoms with E-state index in [1.165, 1.54) is 25.1 Å². The molecule has 9 heteroatoms. The van der Waals surface area contributed by atoms with Crippen molar-refractivity contribution in [2.45, 2.75) is 19.4 Å². The summed E-state index contributed by atoms with van der Waals surface area (Å²) in [4.78, 5) is 23.9. The van der Waals surface area contributed by atoms with E-state index >= 15 is 0 Å². The van der Waals surface area contributed by atoms with Crippen LogP contribution in [-0.2, 0) is 14.3 Å². The second-order valence-corrected chi connectivity index (χ2v) is 5.91. The van der Waals surface area contributed by atoms with E-state index in [4.69, 9.17) is 16.3 Å². The second kappa shape index (κ2) is 9.27. The van der Waals surface area contributed by atoms with Crippen LogP contribution in [0.4, 0.5) is 18.9 Å². The highest BCUT2D eigenvalue weighted by molar-refractivity contribution is 6.33. The van der Waals surface area contributed by atoms with Gasteiger partial charge in [-0.1, -0.05) is 35.9 Å². The average molecular weight is 414 g/mol. The van der Waals surface area contributed by atoms with Gasteiger partial charge in [0.1, 0.15) is 5.75 Å². The van der Waals surface area contributed by atoms with Crippen LogP contribution in [0.2, 0.25) is 5.02 Å². The molecule has 0 aliphatic carbocycles. The maximum Gasteiger partial charge on any atom is 0.573 e. The Hall–Kier alpha value is -3.00. The third-order valence-corrected chi connectivity index (χ3v) is 3.65. The molecule has 5 nitrogen and oxygen atoms in total. The Morgan fingerprint density at radius 3 is 2.36 bits per heavy atom. The summed E-state index contributed by atoms with van der Waals surface area (Å²) in [5.41, 5.74) is 0.827. The standard InChI is InChI=1S/C19H15ClF3NO4/c1-12(18(26)24-16-5-3-2-4-15(16)20)27-17(25)11-8-13-6-9-14(10-7-13)28-19(21,22)23/h2-12H,1H3,(H,24,26)/b11-8+/t12-/m1/s1. The summed E-state index contributed by atoms with van der Waals surface area (Å²) in [6.45, 7) is 1.39. The van der Waals surface area contributed by atoms with Gasteiger partial charge in [0.05, 0.1) is 10.7 Å². The second-order valence-electron chi connectivity index (χ2n) is 5.50. The number of hydrogen-bond donors (Lipinski definition) is 1. The molecule has 1 N–H and O–H groups in total. The number of para-hydroxylation sites is 1. The minimum absolute atomic E-state index is 0.340. The fourth-order valence-corrected chi connectivity index (χ4v) is 2.19. The van der Waals surface area contributed by atoms with Gasteiger partial charge in [-0.2, -0.15) is 0 Å². The molecule has 0 aromatic heterocycles. The quantitative estimate of drug-likeness (QED) is 0.544. The van der Waals surface area contributed by atoms with Crippen molar-refractivity contribution in [1.29, 1.82) is 0 Å². The number of benzene rings is 2. The van der Waals surface area contributed by atoms with Gasteiger partial charge in [-0.15, -0.1) is 13.2 Å². The Labute approximate surface area is 163 Å². The van der Waals surface area contributed by atoms with Gasteiger partial charge in [-0.25, -0.2) is 4.79 Å². The highest BCUT2D eigenvalue weighted by Crippen LogP contribution is 2.23. The molecular formula is C19H15ClF3NO4. The van der Waals surface area contributed by atoms with Crippen molar-refractivity contribution < 1.29 is 32.2 Å². The zero-order chi connectivity index (χ0) is 20.7. The lowest BCUT2D eigenvalue weighted by Crippen LogP contribution is -2.29. The summed E-state index contributed by atoms with van der Waals surface area (Å²) in [6.07, 6.45) is -3.48. The van der Waals surface area contributed by atoms with Crippen LogP contribution in [0.5, 0.6) is 5.75 Å². The number of ether oxygens (including phenoxy) is 2. The van der Waals surface area contributed by atoms with Crippen LogP contribution < -0.4 is 10.1 Å². The molecule has 148 valence electrons. The number of rotatable bonds is 6.